The molecule has 2 aromatic heterocycles. The summed E-state index contributed by atoms with van der Waals surface area (Å²) in [6, 6.07) is 7.20. The molecular formula is C19H21ClN6O2. The largest absolute Gasteiger partial charge is 0.421 e. The van der Waals surface area contributed by atoms with Gasteiger partial charge in [0, 0.05) is 49.3 Å². The monoisotopic (exact) mass is 400 g/mol. The average molecular weight is 401 g/mol. The molecule has 1 saturated heterocycles. The van der Waals surface area contributed by atoms with Gasteiger partial charge in [-0.2, -0.15) is 0 Å². The van der Waals surface area contributed by atoms with Crippen LogP contribution >= 0.6 is 11.6 Å². The number of aromatic nitrogens is 5. The molecule has 28 heavy (non-hydrogen) atoms. The van der Waals surface area contributed by atoms with E-state index in [0.29, 0.717) is 35.6 Å². The Morgan fingerprint density at radius 3 is 2.68 bits per heavy atom. The van der Waals surface area contributed by atoms with Crippen LogP contribution in [-0.2, 0) is 17.8 Å². The number of carbonyl (C=O) groups excluding carboxylic acids is 1. The van der Waals surface area contributed by atoms with Gasteiger partial charge in [0.15, 0.2) is 0 Å². The smallest absolute Gasteiger partial charge is 0.247 e. The second kappa shape index (κ2) is 8.52. The molecule has 0 bridgehead atoms. The molecule has 0 atom stereocenters. The van der Waals surface area contributed by atoms with Gasteiger partial charge in [0.25, 0.3) is 0 Å². The number of likely N-dealkylation sites (tertiary alicyclic amines) is 1. The Labute approximate surface area is 167 Å². The Morgan fingerprint density at radius 1 is 1.18 bits per heavy atom. The third kappa shape index (κ3) is 4.56. The minimum atomic E-state index is 0.130. The van der Waals surface area contributed by atoms with Crippen LogP contribution in [0, 0.1) is 5.92 Å². The number of halogens is 1. The first-order chi connectivity index (χ1) is 13.7. The summed E-state index contributed by atoms with van der Waals surface area (Å²) in [5.41, 5.74) is 0.809. The van der Waals surface area contributed by atoms with E-state index in [2.05, 4.69) is 20.5 Å². The third-order valence-electron chi connectivity index (χ3n) is 5.00. The van der Waals surface area contributed by atoms with Gasteiger partial charge in [-0.1, -0.05) is 16.8 Å². The highest BCUT2D eigenvalue weighted by Gasteiger charge is 2.23. The van der Waals surface area contributed by atoms with E-state index in [1.54, 1.807) is 18.3 Å². The molecule has 1 aliphatic rings. The van der Waals surface area contributed by atoms with Crippen LogP contribution < -0.4 is 0 Å². The topological polar surface area (TPSA) is 89.9 Å². The highest BCUT2D eigenvalue weighted by molar-refractivity contribution is 6.30. The lowest BCUT2D eigenvalue weighted by Gasteiger charge is -2.31. The fraction of sp³-hybridized carbons (Fsp3) is 0.421. The van der Waals surface area contributed by atoms with Crippen molar-refractivity contribution >= 4 is 17.5 Å². The summed E-state index contributed by atoms with van der Waals surface area (Å²) in [4.78, 5) is 14.4. The maximum Gasteiger partial charge on any atom is 0.247 e. The van der Waals surface area contributed by atoms with E-state index in [1.165, 1.54) is 0 Å². The van der Waals surface area contributed by atoms with Gasteiger partial charge in [-0.3, -0.25) is 9.48 Å². The summed E-state index contributed by atoms with van der Waals surface area (Å²) in [6.45, 7) is 2.41. The summed E-state index contributed by atoms with van der Waals surface area (Å²) >= 11 is 5.89. The number of carbonyl (C=O) groups is 1. The number of nitrogens with zero attached hydrogens (tertiary/aromatic N) is 6. The molecule has 146 valence electrons. The van der Waals surface area contributed by atoms with E-state index in [-0.39, 0.29) is 5.91 Å². The van der Waals surface area contributed by atoms with Crippen LogP contribution in [-0.4, -0.2) is 49.1 Å². The molecule has 8 nitrogen and oxygen atoms in total. The quantitative estimate of drug-likeness (QED) is 0.632. The van der Waals surface area contributed by atoms with Crippen LogP contribution in [0.4, 0.5) is 0 Å². The first kappa shape index (κ1) is 18.6. The zero-order valence-corrected chi connectivity index (χ0v) is 16.1. The summed E-state index contributed by atoms with van der Waals surface area (Å²) in [7, 11) is 0. The number of benzene rings is 1. The van der Waals surface area contributed by atoms with Crippen molar-refractivity contribution in [2.24, 2.45) is 5.92 Å². The van der Waals surface area contributed by atoms with Crippen molar-refractivity contribution in [2.75, 3.05) is 13.1 Å². The number of piperidine rings is 1. The molecule has 0 N–H and O–H groups in total. The summed E-state index contributed by atoms with van der Waals surface area (Å²) in [5, 5.41) is 16.6. The highest BCUT2D eigenvalue weighted by atomic mass is 35.5. The molecule has 1 aromatic carbocycles. The molecule has 0 spiro atoms. The van der Waals surface area contributed by atoms with E-state index < -0.39 is 0 Å². The molecule has 0 saturated carbocycles. The molecular weight excluding hydrogens is 380 g/mol. The molecule has 1 fully saturated rings. The average Bonchev–Trinajstić information content (AvgIpc) is 3.39. The summed E-state index contributed by atoms with van der Waals surface area (Å²) < 4.78 is 7.53. The van der Waals surface area contributed by atoms with Crippen LogP contribution in [0.5, 0.6) is 0 Å². The van der Waals surface area contributed by atoms with Crippen molar-refractivity contribution in [1.29, 1.82) is 0 Å². The predicted molar refractivity (Wildman–Crippen MR) is 102 cm³/mol. The van der Waals surface area contributed by atoms with E-state index in [9.17, 15) is 4.79 Å². The molecule has 1 aliphatic heterocycles. The van der Waals surface area contributed by atoms with Crippen molar-refractivity contribution in [3.8, 4) is 11.5 Å². The van der Waals surface area contributed by atoms with Gasteiger partial charge >= 0.3 is 0 Å². The maximum atomic E-state index is 12.5. The summed E-state index contributed by atoms with van der Waals surface area (Å²) in [6.07, 6.45) is 6.34. The normalized spacial score (nSPS) is 15.1. The minimum Gasteiger partial charge on any atom is -0.421 e. The zero-order chi connectivity index (χ0) is 19.3. The SMILES string of the molecule is O=C(CCc1nnc(-c2ccc(Cl)cc2)o1)N1CCC(Cn2ccnn2)CC1. The molecule has 0 radical (unpaired) electrons. The fourth-order valence-electron chi connectivity index (χ4n) is 3.40. The van der Waals surface area contributed by atoms with Crippen molar-refractivity contribution in [3.05, 3.63) is 47.6 Å². The number of amides is 1. The van der Waals surface area contributed by atoms with E-state index in [1.807, 2.05) is 27.9 Å². The second-order valence-electron chi connectivity index (χ2n) is 6.96. The van der Waals surface area contributed by atoms with Crippen LogP contribution in [0.15, 0.2) is 41.1 Å². The lowest BCUT2D eigenvalue weighted by molar-refractivity contribution is -0.132. The van der Waals surface area contributed by atoms with Crippen LogP contribution in [0.1, 0.15) is 25.2 Å². The Balaban J connectivity index is 1.24. The number of aryl methyl sites for hydroxylation is 1. The zero-order valence-electron chi connectivity index (χ0n) is 15.4. The van der Waals surface area contributed by atoms with E-state index in [4.69, 9.17) is 16.0 Å². The number of hydrogen-bond acceptors (Lipinski definition) is 6. The third-order valence-corrected chi connectivity index (χ3v) is 5.25. The predicted octanol–water partition coefficient (Wildman–Crippen LogP) is 2.85. The van der Waals surface area contributed by atoms with Crippen LogP contribution in [0.3, 0.4) is 0 Å². The standard InChI is InChI=1S/C19H21ClN6O2/c20-16-3-1-15(2-4-16)19-23-22-17(28-19)5-6-18(27)25-10-7-14(8-11-25)13-26-12-9-21-24-26/h1-4,9,12,14H,5-8,10-11,13H2. The maximum absolute atomic E-state index is 12.5. The number of hydrogen-bond donors (Lipinski definition) is 0. The van der Waals surface area contributed by atoms with Crippen molar-refractivity contribution in [3.63, 3.8) is 0 Å². The molecule has 3 heterocycles. The molecule has 4 rings (SSSR count). The Bertz CT molecular complexity index is 901. The highest BCUT2D eigenvalue weighted by Crippen LogP contribution is 2.22. The second-order valence-corrected chi connectivity index (χ2v) is 7.39. The van der Waals surface area contributed by atoms with Gasteiger partial charge in [0.2, 0.25) is 17.7 Å². The van der Waals surface area contributed by atoms with E-state index in [0.717, 1.165) is 38.0 Å². The van der Waals surface area contributed by atoms with Crippen molar-refractivity contribution in [2.45, 2.75) is 32.2 Å². The van der Waals surface area contributed by atoms with Crippen LogP contribution in [0.25, 0.3) is 11.5 Å². The molecule has 1 amide bonds. The van der Waals surface area contributed by atoms with Crippen molar-refractivity contribution < 1.29 is 9.21 Å². The lowest BCUT2D eigenvalue weighted by atomic mass is 9.96. The summed E-state index contributed by atoms with van der Waals surface area (Å²) in [5.74, 6) is 1.57. The van der Waals surface area contributed by atoms with Gasteiger partial charge in [-0.05, 0) is 43.0 Å². The Hall–Kier alpha value is -2.74. The fourth-order valence-corrected chi connectivity index (χ4v) is 3.52. The minimum absolute atomic E-state index is 0.130. The molecule has 0 unspecified atom stereocenters. The van der Waals surface area contributed by atoms with Gasteiger partial charge in [-0.25, -0.2) is 0 Å². The van der Waals surface area contributed by atoms with Crippen LogP contribution in [0.2, 0.25) is 5.02 Å². The first-order valence-corrected chi connectivity index (χ1v) is 9.75. The van der Waals surface area contributed by atoms with Gasteiger partial charge < -0.3 is 9.32 Å². The van der Waals surface area contributed by atoms with Crippen molar-refractivity contribution in [1.82, 2.24) is 30.1 Å². The first-order valence-electron chi connectivity index (χ1n) is 9.37. The van der Waals surface area contributed by atoms with E-state index >= 15 is 0 Å². The molecule has 9 heteroatoms. The van der Waals surface area contributed by atoms with Gasteiger partial charge in [0.05, 0.1) is 6.20 Å². The molecule has 0 aliphatic carbocycles. The lowest BCUT2D eigenvalue weighted by Crippen LogP contribution is -2.39. The number of rotatable bonds is 6. The molecule has 3 aromatic rings. The van der Waals surface area contributed by atoms with Gasteiger partial charge in [-0.15, -0.1) is 15.3 Å². The Morgan fingerprint density at radius 2 is 1.96 bits per heavy atom. The van der Waals surface area contributed by atoms with Gasteiger partial charge in [0.1, 0.15) is 0 Å². The Kier molecular flexibility index (Phi) is 5.66.